The molecule has 1 heterocycles. The van der Waals surface area contributed by atoms with E-state index < -0.39 is 5.97 Å². The van der Waals surface area contributed by atoms with Crippen molar-refractivity contribution in [2.45, 2.75) is 20.0 Å². The van der Waals surface area contributed by atoms with Gasteiger partial charge in [0, 0.05) is 22.8 Å². The van der Waals surface area contributed by atoms with Crippen molar-refractivity contribution in [3.8, 4) is 0 Å². The molecule has 0 aliphatic heterocycles. The number of aryl methyl sites for hydroxylation is 1. The number of benzene rings is 1. The molecule has 5 heteroatoms. The summed E-state index contributed by atoms with van der Waals surface area (Å²) in [5.41, 5.74) is 1.42. The van der Waals surface area contributed by atoms with Crippen LogP contribution in [-0.4, -0.2) is 11.1 Å². The van der Waals surface area contributed by atoms with Gasteiger partial charge in [0.1, 0.15) is 0 Å². The summed E-state index contributed by atoms with van der Waals surface area (Å²) in [6.45, 7) is 3.69. The summed E-state index contributed by atoms with van der Waals surface area (Å²) in [6, 6.07) is 11.2. The van der Waals surface area contributed by atoms with E-state index in [0.29, 0.717) is 5.56 Å². The SMILES string of the molecule is Cc1ccc(CNCc2ccc(C(=O)O)cc2)s1.Cl. The molecular weight excluding hydrogens is 282 g/mol. The summed E-state index contributed by atoms with van der Waals surface area (Å²) in [5, 5.41) is 12.1. The van der Waals surface area contributed by atoms with Crippen molar-refractivity contribution in [1.82, 2.24) is 5.32 Å². The second-order valence-electron chi connectivity index (χ2n) is 4.12. The fraction of sp³-hybridized carbons (Fsp3) is 0.214. The number of rotatable bonds is 5. The molecule has 1 aromatic carbocycles. The highest BCUT2D eigenvalue weighted by Crippen LogP contribution is 2.14. The number of hydrogen-bond acceptors (Lipinski definition) is 3. The number of carbonyl (C=O) groups is 1. The minimum atomic E-state index is -0.886. The van der Waals surface area contributed by atoms with E-state index in [9.17, 15) is 4.79 Å². The molecule has 102 valence electrons. The lowest BCUT2D eigenvalue weighted by Gasteiger charge is -2.04. The molecule has 3 nitrogen and oxygen atoms in total. The summed E-state index contributed by atoms with van der Waals surface area (Å²) in [7, 11) is 0. The summed E-state index contributed by atoms with van der Waals surface area (Å²) in [6.07, 6.45) is 0. The Morgan fingerprint density at radius 1 is 1.16 bits per heavy atom. The Morgan fingerprint density at radius 2 is 1.84 bits per heavy atom. The van der Waals surface area contributed by atoms with Gasteiger partial charge in [0.05, 0.1) is 5.56 Å². The van der Waals surface area contributed by atoms with E-state index in [4.69, 9.17) is 5.11 Å². The van der Waals surface area contributed by atoms with Crippen molar-refractivity contribution < 1.29 is 9.90 Å². The van der Waals surface area contributed by atoms with Gasteiger partial charge in [-0.1, -0.05) is 12.1 Å². The fourth-order valence-electron chi connectivity index (χ4n) is 1.68. The van der Waals surface area contributed by atoms with Crippen LogP contribution in [0.3, 0.4) is 0 Å². The van der Waals surface area contributed by atoms with Gasteiger partial charge in [-0.2, -0.15) is 0 Å². The van der Waals surface area contributed by atoms with Crippen molar-refractivity contribution in [3.63, 3.8) is 0 Å². The first kappa shape index (κ1) is 15.7. The van der Waals surface area contributed by atoms with Crippen LogP contribution in [0.5, 0.6) is 0 Å². The van der Waals surface area contributed by atoms with Crippen LogP contribution in [0.25, 0.3) is 0 Å². The molecule has 0 fully saturated rings. The average Bonchev–Trinajstić information content (AvgIpc) is 2.76. The van der Waals surface area contributed by atoms with Gasteiger partial charge in [0.2, 0.25) is 0 Å². The molecule has 0 aliphatic rings. The molecule has 0 amide bonds. The van der Waals surface area contributed by atoms with Crippen molar-refractivity contribution in [2.75, 3.05) is 0 Å². The number of nitrogens with one attached hydrogen (secondary N) is 1. The molecule has 0 saturated carbocycles. The maximum atomic E-state index is 10.7. The van der Waals surface area contributed by atoms with Crippen LogP contribution < -0.4 is 5.32 Å². The minimum Gasteiger partial charge on any atom is -0.478 e. The van der Waals surface area contributed by atoms with Crippen LogP contribution in [0.1, 0.15) is 25.7 Å². The number of aromatic carboxylic acids is 1. The van der Waals surface area contributed by atoms with E-state index in [2.05, 4.69) is 24.4 Å². The summed E-state index contributed by atoms with van der Waals surface area (Å²) in [5.74, 6) is -0.886. The minimum absolute atomic E-state index is 0. The number of halogens is 1. The highest BCUT2D eigenvalue weighted by molar-refractivity contribution is 7.11. The number of carboxylic acid groups (broad SMARTS) is 1. The summed E-state index contributed by atoms with van der Waals surface area (Å²) in [4.78, 5) is 13.3. The maximum absolute atomic E-state index is 10.7. The first-order valence-electron chi connectivity index (χ1n) is 5.73. The van der Waals surface area contributed by atoms with E-state index in [1.54, 1.807) is 23.5 Å². The Balaban J connectivity index is 0.00000180. The highest BCUT2D eigenvalue weighted by atomic mass is 35.5. The van der Waals surface area contributed by atoms with E-state index in [1.165, 1.54) is 9.75 Å². The Bertz CT molecular complexity index is 537. The number of carboxylic acids is 1. The molecule has 2 rings (SSSR count). The Labute approximate surface area is 122 Å². The molecular formula is C14H16ClNO2S. The van der Waals surface area contributed by atoms with Gasteiger partial charge in [0.25, 0.3) is 0 Å². The first-order valence-corrected chi connectivity index (χ1v) is 6.55. The topological polar surface area (TPSA) is 49.3 Å². The van der Waals surface area contributed by atoms with Crippen molar-refractivity contribution in [3.05, 3.63) is 57.3 Å². The van der Waals surface area contributed by atoms with Crippen LogP contribution in [0.2, 0.25) is 0 Å². The lowest BCUT2D eigenvalue weighted by molar-refractivity contribution is 0.0697. The number of thiophene rings is 1. The predicted octanol–water partition coefficient (Wildman–Crippen LogP) is 3.47. The van der Waals surface area contributed by atoms with Gasteiger partial charge >= 0.3 is 5.97 Å². The second-order valence-corrected chi connectivity index (χ2v) is 5.49. The quantitative estimate of drug-likeness (QED) is 0.888. The average molecular weight is 298 g/mol. The highest BCUT2D eigenvalue weighted by Gasteiger charge is 2.01. The molecule has 0 bridgehead atoms. The van der Waals surface area contributed by atoms with E-state index in [1.807, 2.05) is 12.1 Å². The zero-order chi connectivity index (χ0) is 13.0. The molecule has 0 aliphatic carbocycles. The van der Waals surface area contributed by atoms with Crippen LogP contribution in [0, 0.1) is 6.92 Å². The van der Waals surface area contributed by atoms with Crippen molar-refractivity contribution >= 4 is 29.7 Å². The molecule has 0 saturated heterocycles. The standard InChI is InChI=1S/C14H15NO2S.ClH/c1-10-2-7-13(18-10)9-15-8-11-3-5-12(6-4-11)14(16)17;/h2-7,15H,8-9H2,1H3,(H,16,17);1H. The third-order valence-corrected chi connectivity index (χ3v) is 3.63. The smallest absolute Gasteiger partial charge is 0.335 e. The molecule has 0 atom stereocenters. The largest absolute Gasteiger partial charge is 0.478 e. The normalized spacial score (nSPS) is 9.95. The third kappa shape index (κ3) is 4.67. The fourth-order valence-corrected chi connectivity index (χ4v) is 2.54. The van der Waals surface area contributed by atoms with E-state index in [0.717, 1.165) is 18.7 Å². The third-order valence-electron chi connectivity index (χ3n) is 2.63. The Hall–Kier alpha value is -1.36. The zero-order valence-electron chi connectivity index (χ0n) is 10.6. The molecule has 0 unspecified atom stereocenters. The van der Waals surface area contributed by atoms with Gasteiger partial charge in [0.15, 0.2) is 0 Å². The predicted molar refractivity (Wildman–Crippen MR) is 80.2 cm³/mol. The van der Waals surface area contributed by atoms with E-state index in [-0.39, 0.29) is 12.4 Å². The van der Waals surface area contributed by atoms with Gasteiger partial charge in [-0.15, -0.1) is 23.7 Å². The maximum Gasteiger partial charge on any atom is 0.335 e. The summed E-state index contributed by atoms with van der Waals surface area (Å²) >= 11 is 1.79. The molecule has 2 aromatic rings. The van der Waals surface area contributed by atoms with Crippen LogP contribution in [-0.2, 0) is 13.1 Å². The molecule has 19 heavy (non-hydrogen) atoms. The Morgan fingerprint density at radius 3 is 2.37 bits per heavy atom. The molecule has 0 spiro atoms. The summed E-state index contributed by atoms with van der Waals surface area (Å²) < 4.78 is 0. The Kier molecular flexibility index (Phi) is 6.02. The van der Waals surface area contributed by atoms with Crippen molar-refractivity contribution in [2.24, 2.45) is 0 Å². The van der Waals surface area contributed by atoms with E-state index >= 15 is 0 Å². The van der Waals surface area contributed by atoms with Gasteiger partial charge < -0.3 is 10.4 Å². The second kappa shape index (κ2) is 7.28. The molecule has 0 radical (unpaired) electrons. The number of hydrogen-bond donors (Lipinski definition) is 2. The van der Waals surface area contributed by atoms with Gasteiger partial charge in [-0.3, -0.25) is 0 Å². The first-order chi connectivity index (χ1) is 8.65. The van der Waals surface area contributed by atoms with Crippen LogP contribution >= 0.6 is 23.7 Å². The molecule has 2 N–H and O–H groups in total. The van der Waals surface area contributed by atoms with Gasteiger partial charge in [-0.25, -0.2) is 4.79 Å². The lowest BCUT2D eigenvalue weighted by Crippen LogP contribution is -2.11. The van der Waals surface area contributed by atoms with Crippen LogP contribution in [0.15, 0.2) is 36.4 Å². The molecule has 1 aromatic heterocycles. The van der Waals surface area contributed by atoms with Crippen LogP contribution in [0.4, 0.5) is 0 Å². The van der Waals surface area contributed by atoms with Crippen molar-refractivity contribution in [1.29, 1.82) is 0 Å². The zero-order valence-corrected chi connectivity index (χ0v) is 12.2. The lowest BCUT2D eigenvalue weighted by atomic mass is 10.1. The van der Waals surface area contributed by atoms with Gasteiger partial charge in [-0.05, 0) is 36.8 Å². The monoisotopic (exact) mass is 297 g/mol.